The van der Waals surface area contributed by atoms with Gasteiger partial charge in [0.1, 0.15) is 0 Å². The van der Waals surface area contributed by atoms with Gasteiger partial charge in [0.15, 0.2) is 23.9 Å². The Morgan fingerprint density at radius 2 is 1.53 bits per heavy atom. The third-order valence-corrected chi connectivity index (χ3v) is 4.83. The van der Waals surface area contributed by atoms with Crippen LogP contribution in [0.4, 0.5) is 17.1 Å². The van der Waals surface area contributed by atoms with E-state index in [1.165, 1.54) is 43.7 Å². The Bertz CT molecular complexity index is 1440. The van der Waals surface area contributed by atoms with Crippen LogP contribution in [-0.2, 0) is 4.79 Å². The molecular weight excluding hydrogens is 506 g/mol. The second-order valence-corrected chi connectivity index (χ2v) is 7.49. The first-order chi connectivity index (χ1) is 18.1. The quantitative estimate of drug-likeness (QED) is 0.216. The number of methoxy groups -OCH3 is 1. The molecule has 3 rings (SSSR count). The first-order valence-corrected chi connectivity index (χ1v) is 10.6. The molecule has 0 radical (unpaired) electrons. The molecule has 3 aromatic rings. The Labute approximate surface area is 213 Å². The van der Waals surface area contributed by atoms with Crippen LogP contribution in [0.3, 0.4) is 0 Å². The summed E-state index contributed by atoms with van der Waals surface area (Å²) in [7, 11) is 1.33. The molecule has 0 spiro atoms. The van der Waals surface area contributed by atoms with Crippen molar-refractivity contribution in [2.45, 2.75) is 6.92 Å². The van der Waals surface area contributed by atoms with Crippen molar-refractivity contribution in [2.24, 2.45) is 5.10 Å². The van der Waals surface area contributed by atoms with Gasteiger partial charge in [-0.25, -0.2) is 5.43 Å². The van der Waals surface area contributed by atoms with E-state index in [9.17, 15) is 35.1 Å². The lowest BCUT2D eigenvalue weighted by molar-refractivity contribution is -0.394. The summed E-state index contributed by atoms with van der Waals surface area (Å²) in [5.41, 5.74) is 1.99. The van der Waals surface area contributed by atoms with E-state index in [2.05, 4.69) is 10.5 Å². The maximum Gasteiger partial charge on any atom is 0.318 e. The van der Waals surface area contributed by atoms with E-state index in [1.54, 1.807) is 13.0 Å². The van der Waals surface area contributed by atoms with Crippen LogP contribution < -0.4 is 19.6 Å². The van der Waals surface area contributed by atoms with Crippen molar-refractivity contribution in [2.75, 3.05) is 13.7 Å². The highest BCUT2D eigenvalue weighted by atomic mass is 16.6. The van der Waals surface area contributed by atoms with Crippen molar-refractivity contribution in [3.05, 3.63) is 96.1 Å². The number of nitrogens with one attached hydrogen (secondary N) is 1. The molecule has 1 amide bonds. The fraction of sp³-hybridized carbons (Fsp3) is 0.130. The van der Waals surface area contributed by atoms with Crippen LogP contribution >= 0.6 is 0 Å². The molecule has 15 nitrogen and oxygen atoms in total. The molecule has 15 heteroatoms. The van der Waals surface area contributed by atoms with Crippen molar-refractivity contribution < 1.29 is 33.8 Å². The number of rotatable bonds is 11. The number of amides is 1. The zero-order valence-electron chi connectivity index (χ0n) is 19.9. The monoisotopic (exact) mass is 525 g/mol. The molecule has 0 fully saturated rings. The molecule has 0 saturated carbocycles. The van der Waals surface area contributed by atoms with Gasteiger partial charge in [-0.15, -0.1) is 0 Å². The minimum atomic E-state index is -0.806. The van der Waals surface area contributed by atoms with E-state index in [0.717, 1.165) is 18.2 Å². The van der Waals surface area contributed by atoms with Crippen molar-refractivity contribution in [3.8, 4) is 23.0 Å². The van der Waals surface area contributed by atoms with Crippen LogP contribution in [0.25, 0.3) is 0 Å². The van der Waals surface area contributed by atoms with Gasteiger partial charge in [0, 0.05) is 12.1 Å². The number of carbonyl (C=O) groups is 1. The van der Waals surface area contributed by atoms with Crippen LogP contribution in [0.1, 0.15) is 11.1 Å². The highest BCUT2D eigenvalue weighted by Crippen LogP contribution is 2.38. The number of ether oxygens (including phenoxy) is 3. The van der Waals surface area contributed by atoms with E-state index in [1.807, 2.05) is 0 Å². The van der Waals surface area contributed by atoms with E-state index < -0.39 is 38.7 Å². The van der Waals surface area contributed by atoms with Gasteiger partial charge < -0.3 is 14.2 Å². The molecule has 196 valence electrons. The molecule has 38 heavy (non-hydrogen) atoms. The van der Waals surface area contributed by atoms with Gasteiger partial charge in [-0.1, -0.05) is 6.07 Å². The van der Waals surface area contributed by atoms with Crippen LogP contribution in [0.15, 0.2) is 59.7 Å². The molecule has 1 N–H and O–H groups in total. The number of nitro groups is 3. The second kappa shape index (κ2) is 11.9. The second-order valence-electron chi connectivity index (χ2n) is 7.49. The number of non-ortho nitro benzene ring substituents is 1. The lowest BCUT2D eigenvalue weighted by Gasteiger charge is -2.11. The molecule has 0 aliphatic carbocycles. The molecule has 3 aromatic carbocycles. The molecule has 0 bridgehead atoms. The predicted molar refractivity (Wildman–Crippen MR) is 132 cm³/mol. The fourth-order valence-electron chi connectivity index (χ4n) is 3.06. The Kier molecular flexibility index (Phi) is 8.45. The van der Waals surface area contributed by atoms with Crippen LogP contribution in [-0.4, -0.2) is 40.6 Å². The molecule has 0 aliphatic heterocycles. The molecule has 0 heterocycles. The predicted octanol–water partition coefficient (Wildman–Crippen LogP) is 4.05. The van der Waals surface area contributed by atoms with Gasteiger partial charge in [0.25, 0.3) is 11.6 Å². The minimum Gasteiger partial charge on any atom is -0.493 e. The molecule has 0 aromatic heterocycles. The maximum atomic E-state index is 12.0. The Morgan fingerprint density at radius 3 is 2.18 bits per heavy atom. The summed E-state index contributed by atoms with van der Waals surface area (Å²) in [6.45, 7) is 1.16. The smallest absolute Gasteiger partial charge is 0.318 e. The first-order valence-electron chi connectivity index (χ1n) is 10.6. The summed E-state index contributed by atoms with van der Waals surface area (Å²) in [4.78, 5) is 43.2. The van der Waals surface area contributed by atoms with Gasteiger partial charge in [0.05, 0.1) is 34.2 Å². The number of benzene rings is 3. The number of hydrogen-bond acceptors (Lipinski definition) is 11. The standard InChI is InChI=1S/C23H19N5O10/c1-14-3-6-19(17(9-14)27(32)33)37-13-23(29)25-24-12-15-4-7-21(22(10-15)36-2)38-20-8-5-16(26(30)31)11-18(20)28(34)35/h3-12H,13H2,1-2H3,(H,25,29)/b24-12+. The number of carbonyl (C=O) groups excluding carboxylic acids is 1. The maximum absolute atomic E-state index is 12.0. The van der Waals surface area contributed by atoms with Gasteiger partial charge in [0.2, 0.25) is 5.75 Å². The summed E-state index contributed by atoms with van der Waals surface area (Å²) in [6.07, 6.45) is 1.27. The Balaban J connectivity index is 1.66. The van der Waals surface area contributed by atoms with Gasteiger partial charge >= 0.3 is 11.4 Å². The summed E-state index contributed by atoms with van der Waals surface area (Å²) < 4.78 is 16.0. The third kappa shape index (κ3) is 6.75. The van der Waals surface area contributed by atoms with E-state index in [4.69, 9.17) is 14.2 Å². The summed E-state index contributed by atoms with van der Waals surface area (Å²) >= 11 is 0. The number of nitro benzene ring substituents is 3. The lowest BCUT2D eigenvalue weighted by atomic mass is 10.2. The highest BCUT2D eigenvalue weighted by Gasteiger charge is 2.22. The number of hydrazone groups is 1. The topological polar surface area (TPSA) is 199 Å². The molecule has 0 atom stereocenters. The number of aryl methyl sites for hydroxylation is 1. The van der Waals surface area contributed by atoms with E-state index in [0.29, 0.717) is 11.1 Å². The summed E-state index contributed by atoms with van der Waals surface area (Å²) in [5.74, 6) is -0.732. The third-order valence-electron chi connectivity index (χ3n) is 4.83. The Hall–Kier alpha value is -5.60. The summed E-state index contributed by atoms with van der Waals surface area (Å²) in [5, 5.41) is 37.2. The number of nitrogens with zero attached hydrogens (tertiary/aromatic N) is 4. The fourth-order valence-corrected chi connectivity index (χ4v) is 3.06. The average Bonchev–Trinajstić information content (AvgIpc) is 2.88. The molecule has 0 aliphatic rings. The van der Waals surface area contributed by atoms with Crippen molar-refractivity contribution in [3.63, 3.8) is 0 Å². The average molecular weight is 525 g/mol. The van der Waals surface area contributed by atoms with Crippen molar-refractivity contribution in [1.29, 1.82) is 0 Å². The van der Waals surface area contributed by atoms with Gasteiger partial charge in [-0.05, 0) is 48.4 Å². The SMILES string of the molecule is COc1cc(/C=N/NC(=O)COc2ccc(C)cc2[N+](=O)[O-])ccc1Oc1ccc([N+](=O)[O-])cc1[N+](=O)[O-]. The zero-order valence-corrected chi connectivity index (χ0v) is 19.9. The largest absolute Gasteiger partial charge is 0.493 e. The Morgan fingerprint density at radius 1 is 0.868 bits per heavy atom. The van der Waals surface area contributed by atoms with Crippen LogP contribution in [0.2, 0.25) is 0 Å². The number of hydrogen-bond donors (Lipinski definition) is 1. The lowest BCUT2D eigenvalue weighted by Crippen LogP contribution is -2.24. The molecular formula is C23H19N5O10. The first kappa shape index (κ1) is 27.0. The van der Waals surface area contributed by atoms with Crippen molar-refractivity contribution >= 4 is 29.2 Å². The zero-order chi connectivity index (χ0) is 27.8. The summed E-state index contributed by atoms with van der Waals surface area (Å²) in [6, 6.07) is 11.7. The highest BCUT2D eigenvalue weighted by molar-refractivity contribution is 5.83. The van der Waals surface area contributed by atoms with Crippen LogP contribution in [0, 0.1) is 37.3 Å². The van der Waals surface area contributed by atoms with Gasteiger partial charge in [-0.2, -0.15) is 5.10 Å². The molecule has 0 unspecified atom stereocenters. The van der Waals surface area contributed by atoms with E-state index >= 15 is 0 Å². The van der Waals surface area contributed by atoms with E-state index in [-0.39, 0.29) is 28.7 Å². The van der Waals surface area contributed by atoms with Crippen molar-refractivity contribution in [1.82, 2.24) is 5.43 Å². The minimum absolute atomic E-state index is 0.0617. The van der Waals surface area contributed by atoms with Crippen LogP contribution in [0.5, 0.6) is 23.0 Å². The van der Waals surface area contributed by atoms with Gasteiger partial charge in [-0.3, -0.25) is 35.1 Å². The normalized spacial score (nSPS) is 10.6. The molecule has 0 saturated heterocycles.